The van der Waals surface area contributed by atoms with Gasteiger partial charge in [0.25, 0.3) is 0 Å². The van der Waals surface area contributed by atoms with Gasteiger partial charge in [0.05, 0.1) is 16.8 Å². The molecule has 3 aromatic rings. The van der Waals surface area contributed by atoms with Crippen molar-refractivity contribution in [1.29, 1.82) is 5.26 Å². The van der Waals surface area contributed by atoms with Crippen LogP contribution in [0.1, 0.15) is 5.56 Å². The standard InChI is InChI=1S/C20H21N5/c21-15-16-5-1-3-7-18(16)24-13-11-22-12-14-25-20-9-10-23-19-8-4-2-6-17(19)20/h1-10,22,24H,11-14H2,(H,23,25). The van der Waals surface area contributed by atoms with Gasteiger partial charge in [0, 0.05) is 43.4 Å². The zero-order valence-electron chi connectivity index (χ0n) is 14.0. The molecule has 0 unspecified atom stereocenters. The van der Waals surface area contributed by atoms with Crippen molar-refractivity contribution in [2.24, 2.45) is 0 Å². The number of benzene rings is 2. The Balaban J connectivity index is 1.38. The smallest absolute Gasteiger partial charge is 0.101 e. The molecule has 0 aliphatic rings. The molecule has 0 spiro atoms. The van der Waals surface area contributed by atoms with Crippen molar-refractivity contribution in [3.8, 4) is 6.07 Å². The number of rotatable bonds is 8. The Bertz CT molecular complexity index is 864. The summed E-state index contributed by atoms with van der Waals surface area (Å²) in [5, 5.41) is 20.3. The van der Waals surface area contributed by atoms with Crippen LogP contribution in [-0.4, -0.2) is 31.2 Å². The maximum Gasteiger partial charge on any atom is 0.101 e. The first kappa shape index (κ1) is 16.7. The van der Waals surface area contributed by atoms with Gasteiger partial charge in [-0.3, -0.25) is 4.98 Å². The molecule has 3 rings (SSSR count). The Morgan fingerprint density at radius 2 is 1.52 bits per heavy atom. The number of nitrogens with one attached hydrogen (secondary N) is 3. The van der Waals surface area contributed by atoms with Crippen LogP contribution in [0.3, 0.4) is 0 Å². The quantitative estimate of drug-likeness (QED) is 0.553. The van der Waals surface area contributed by atoms with E-state index < -0.39 is 0 Å². The molecule has 0 aliphatic heterocycles. The Morgan fingerprint density at radius 1 is 0.800 bits per heavy atom. The fourth-order valence-corrected chi connectivity index (χ4v) is 2.68. The van der Waals surface area contributed by atoms with Crippen LogP contribution in [0.15, 0.2) is 60.8 Å². The van der Waals surface area contributed by atoms with Crippen molar-refractivity contribution < 1.29 is 0 Å². The van der Waals surface area contributed by atoms with Crippen molar-refractivity contribution in [3.05, 3.63) is 66.4 Å². The molecule has 0 aliphatic carbocycles. The summed E-state index contributed by atoms with van der Waals surface area (Å²) in [6.45, 7) is 3.30. The van der Waals surface area contributed by atoms with Gasteiger partial charge >= 0.3 is 0 Å². The third kappa shape index (κ3) is 4.46. The Morgan fingerprint density at radius 3 is 2.36 bits per heavy atom. The van der Waals surface area contributed by atoms with E-state index in [1.54, 1.807) is 0 Å². The van der Waals surface area contributed by atoms with E-state index in [-0.39, 0.29) is 0 Å². The van der Waals surface area contributed by atoms with Gasteiger partial charge in [-0.2, -0.15) is 5.26 Å². The van der Waals surface area contributed by atoms with Crippen molar-refractivity contribution in [1.82, 2.24) is 10.3 Å². The summed E-state index contributed by atoms with van der Waals surface area (Å²) < 4.78 is 0. The van der Waals surface area contributed by atoms with Crippen molar-refractivity contribution in [2.75, 3.05) is 36.8 Å². The Hall–Kier alpha value is -3.10. The number of para-hydroxylation sites is 2. The molecule has 1 heterocycles. The summed E-state index contributed by atoms with van der Waals surface area (Å²) in [6.07, 6.45) is 1.83. The van der Waals surface area contributed by atoms with E-state index in [2.05, 4.69) is 33.1 Å². The maximum atomic E-state index is 9.06. The molecule has 0 radical (unpaired) electrons. The minimum absolute atomic E-state index is 0.675. The predicted octanol–water partition coefficient (Wildman–Crippen LogP) is 3.22. The normalized spacial score (nSPS) is 10.4. The van der Waals surface area contributed by atoms with Crippen molar-refractivity contribution >= 4 is 22.3 Å². The van der Waals surface area contributed by atoms with E-state index in [4.69, 9.17) is 5.26 Å². The summed E-state index contributed by atoms with van der Waals surface area (Å²) in [5.41, 5.74) is 3.66. The lowest BCUT2D eigenvalue weighted by atomic mass is 10.2. The van der Waals surface area contributed by atoms with E-state index in [9.17, 15) is 0 Å². The van der Waals surface area contributed by atoms with Gasteiger partial charge in [-0.25, -0.2) is 0 Å². The van der Waals surface area contributed by atoms with E-state index in [0.29, 0.717) is 5.56 Å². The molecule has 3 N–H and O–H groups in total. The second kappa shape index (κ2) is 8.67. The van der Waals surface area contributed by atoms with Crippen LogP contribution in [0.5, 0.6) is 0 Å². The van der Waals surface area contributed by atoms with Gasteiger partial charge in [-0.05, 0) is 24.3 Å². The number of hydrogen-bond donors (Lipinski definition) is 3. The van der Waals surface area contributed by atoms with Gasteiger partial charge in [-0.15, -0.1) is 0 Å². The van der Waals surface area contributed by atoms with Gasteiger partial charge in [-0.1, -0.05) is 30.3 Å². The second-order valence-corrected chi connectivity index (χ2v) is 5.64. The number of nitrogens with zero attached hydrogens (tertiary/aromatic N) is 2. The molecule has 2 aromatic carbocycles. The lowest BCUT2D eigenvalue weighted by molar-refractivity contribution is 0.719. The first-order valence-electron chi connectivity index (χ1n) is 8.40. The minimum atomic E-state index is 0.675. The third-order valence-corrected chi connectivity index (χ3v) is 3.93. The highest BCUT2D eigenvalue weighted by Crippen LogP contribution is 2.20. The third-order valence-electron chi connectivity index (χ3n) is 3.93. The fraction of sp³-hybridized carbons (Fsp3) is 0.200. The molecule has 0 saturated heterocycles. The van der Waals surface area contributed by atoms with Crippen LogP contribution < -0.4 is 16.0 Å². The van der Waals surface area contributed by atoms with Gasteiger partial charge in [0.2, 0.25) is 0 Å². The highest BCUT2D eigenvalue weighted by atomic mass is 15.0. The molecule has 1 aromatic heterocycles. The average molecular weight is 331 g/mol. The molecular weight excluding hydrogens is 310 g/mol. The number of nitriles is 1. The Kier molecular flexibility index (Phi) is 5.81. The van der Waals surface area contributed by atoms with Crippen LogP contribution in [0.2, 0.25) is 0 Å². The number of hydrogen-bond acceptors (Lipinski definition) is 5. The minimum Gasteiger partial charge on any atom is -0.383 e. The number of fused-ring (bicyclic) bond motifs is 1. The van der Waals surface area contributed by atoms with Gasteiger partial charge in [0.15, 0.2) is 0 Å². The number of anilines is 2. The highest BCUT2D eigenvalue weighted by Gasteiger charge is 2.00. The fourth-order valence-electron chi connectivity index (χ4n) is 2.68. The van der Waals surface area contributed by atoms with Crippen LogP contribution in [-0.2, 0) is 0 Å². The molecule has 5 heteroatoms. The lowest BCUT2D eigenvalue weighted by Gasteiger charge is -2.11. The van der Waals surface area contributed by atoms with Crippen LogP contribution in [0.25, 0.3) is 10.9 Å². The van der Waals surface area contributed by atoms with E-state index in [1.165, 1.54) is 0 Å². The van der Waals surface area contributed by atoms with E-state index >= 15 is 0 Å². The van der Waals surface area contributed by atoms with E-state index in [1.807, 2.05) is 54.7 Å². The zero-order chi connectivity index (χ0) is 17.3. The van der Waals surface area contributed by atoms with Crippen LogP contribution in [0.4, 0.5) is 11.4 Å². The monoisotopic (exact) mass is 331 g/mol. The van der Waals surface area contributed by atoms with Crippen molar-refractivity contribution in [2.45, 2.75) is 0 Å². The van der Waals surface area contributed by atoms with E-state index in [0.717, 1.165) is 48.5 Å². The Labute approximate surface area is 147 Å². The zero-order valence-corrected chi connectivity index (χ0v) is 14.0. The molecular formula is C20H21N5. The lowest BCUT2D eigenvalue weighted by Crippen LogP contribution is -2.27. The summed E-state index contributed by atoms with van der Waals surface area (Å²) in [7, 11) is 0. The summed E-state index contributed by atoms with van der Waals surface area (Å²) in [5.74, 6) is 0. The maximum absolute atomic E-state index is 9.06. The molecule has 25 heavy (non-hydrogen) atoms. The molecule has 0 saturated carbocycles. The first-order valence-corrected chi connectivity index (χ1v) is 8.40. The SMILES string of the molecule is N#Cc1ccccc1NCCNCCNc1ccnc2ccccc12. The summed E-state index contributed by atoms with van der Waals surface area (Å²) >= 11 is 0. The topological polar surface area (TPSA) is 72.8 Å². The molecule has 126 valence electrons. The summed E-state index contributed by atoms with van der Waals surface area (Å²) in [4.78, 5) is 4.37. The number of aromatic nitrogens is 1. The average Bonchev–Trinajstić information content (AvgIpc) is 2.67. The molecule has 0 fully saturated rings. The van der Waals surface area contributed by atoms with Gasteiger partial charge in [0.1, 0.15) is 6.07 Å². The second-order valence-electron chi connectivity index (χ2n) is 5.64. The summed E-state index contributed by atoms with van der Waals surface area (Å²) in [6, 6.07) is 19.9. The molecule has 0 amide bonds. The van der Waals surface area contributed by atoms with Crippen LogP contribution >= 0.6 is 0 Å². The number of pyridine rings is 1. The predicted molar refractivity (Wildman–Crippen MR) is 103 cm³/mol. The largest absolute Gasteiger partial charge is 0.383 e. The molecule has 0 bridgehead atoms. The highest BCUT2D eigenvalue weighted by molar-refractivity contribution is 5.90. The van der Waals surface area contributed by atoms with Crippen molar-refractivity contribution in [3.63, 3.8) is 0 Å². The molecule has 0 atom stereocenters. The van der Waals surface area contributed by atoms with Gasteiger partial charge < -0.3 is 16.0 Å². The first-order chi connectivity index (χ1) is 12.4. The van der Waals surface area contributed by atoms with Crippen LogP contribution in [0, 0.1) is 11.3 Å². The molecule has 5 nitrogen and oxygen atoms in total.